The molecule has 0 aromatic heterocycles. The minimum absolute atomic E-state index is 0.221. The van der Waals surface area contributed by atoms with Crippen molar-refractivity contribution in [1.29, 1.82) is 0 Å². The fraction of sp³-hybridized carbons (Fsp3) is 0.562. The first kappa shape index (κ1) is 18.2. The number of nitrogens with zero attached hydrogens (tertiary/aromatic N) is 2. The largest absolute Gasteiger partial charge is 0.358 e. The molecule has 0 aromatic carbocycles. The predicted molar refractivity (Wildman–Crippen MR) is 94.4 cm³/mol. The molecule has 0 spiro atoms. The highest BCUT2D eigenvalue weighted by molar-refractivity contribution is 6.55. The van der Waals surface area contributed by atoms with Crippen LogP contribution in [0.2, 0.25) is 19.1 Å². The summed E-state index contributed by atoms with van der Waals surface area (Å²) in [6, 6.07) is 1.17. The van der Waals surface area contributed by atoms with Gasteiger partial charge in [-0.15, -0.1) is 0 Å². The molecule has 21 heavy (non-hydrogen) atoms. The number of ether oxygens (including phenoxy) is 1. The fourth-order valence-corrected chi connectivity index (χ4v) is 2.80. The van der Waals surface area contributed by atoms with Crippen molar-refractivity contribution in [2.24, 2.45) is 4.99 Å². The first-order valence-corrected chi connectivity index (χ1v) is 10.4. The molecule has 5 heteroatoms. The highest BCUT2D eigenvalue weighted by Crippen LogP contribution is 2.26. The molecule has 1 heterocycles. The Morgan fingerprint density at radius 1 is 1.48 bits per heavy atom. The molecule has 0 aliphatic carbocycles. The molecule has 0 radical (unpaired) electrons. The lowest BCUT2D eigenvalue weighted by molar-refractivity contribution is 0.0950. The minimum Gasteiger partial charge on any atom is -0.358 e. The van der Waals surface area contributed by atoms with E-state index in [4.69, 9.17) is 16.3 Å². The second-order valence-corrected chi connectivity index (χ2v) is 8.80. The van der Waals surface area contributed by atoms with Gasteiger partial charge < -0.3 is 9.64 Å². The molecule has 0 saturated carbocycles. The third-order valence-electron chi connectivity index (χ3n) is 3.32. The van der Waals surface area contributed by atoms with Gasteiger partial charge >= 0.3 is 8.80 Å². The van der Waals surface area contributed by atoms with Gasteiger partial charge in [-0.05, 0) is 12.5 Å². The maximum atomic E-state index is 6.43. The summed E-state index contributed by atoms with van der Waals surface area (Å²) in [4.78, 5) is 6.36. The number of allylic oxidation sites excluding steroid dienone is 2. The number of rotatable bonds is 8. The summed E-state index contributed by atoms with van der Waals surface area (Å²) in [5, 5.41) is 0.800. The maximum Gasteiger partial charge on any atom is 0.310 e. The van der Waals surface area contributed by atoms with Crippen LogP contribution in [0.25, 0.3) is 0 Å². The predicted octanol–water partition coefficient (Wildman–Crippen LogP) is 4.42. The van der Waals surface area contributed by atoms with E-state index in [-0.39, 0.29) is 8.80 Å². The minimum atomic E-state index is -0.221. The summed E-state index contributed by atoms with van der Waals surface area (Å²) in [5.74, 6) is 0.877. The Morgan fingerprint density at radius 3 is 2.76 bits per heavy atom. The zero-order valence-electron chi connectivity index (χ0n) is 13.6. The van der Waals surface area contributed by atoms with Crippen LogP contribution >= 0.6 is 11.6 Å². The second kappa shape index (κ2) is 9.23. The van der Waals surface area contributed by atoms with Gasteiger partial charge in [-0.25, -0.2) is 0 Å². The van der Waals surface area contributed by atoms with Crippen LogP contribution in [0.1, 0.15) is 19.8 Å². The van der Waals surface area contributed by atoms with E-state index in [1.165, 1.54) is 6.04 Å². The number of hydrogen-bond acceptors (Lipinski definition) is 2. The summed E-state index contributed by atoms with van der Waals surface area (Å²) < 4.78 is 5.73. The number of hydrogen-bond donors (Lipinski definition) is 0. The summed E-state index contributed by atoms with van der Waals surface area (Å²) in [6.45, 7) is 12.0. The van der Waals surface area contributed by atoms with Gasteiger partial charge in [-0.3, -0.25) is 4.99 Å². The quantitative estimate of drug-likeness (QED) is 0.375. The van der Waals surface area contributed by atoms with E-state index in [0.29, 0.717) is 13.2 Å². The molecule has 0 N–H and O–H groups in total. The standard InChI is InChI=1S/C16H26ClN2OSi/c1-6-13(2)11-15(17)14-7-8-19(16(14)18-3)12-20-9-10-21(4)5/h7-8H,2,6,9-12H2,1,3-5H3/q+1/b15-14+,18-16?. The monoisotopic (exact) mass is 325 g/mol. The van der Waals surface area contributed by atoms with E-state index < -0.39 is 0 Å². The van der Waals surface area contributed by atoms with Gasteiger partial charge in [0, 0.05) is 30.3 Å². The van der Waals surface area contributed by atoms with Gasteiger partial charge in [-0.1, -0.05) is 30.7 Å². The van der Waals surface area contributed by atoms with Crippen LogP contribution in [0.3, 0.4) is 0 Å². The van der Waals surface area contributed by atoms with Crippen molar-refractivity contribution in [3.63, 3.8) is 0 Å². The second-order valence-electron chi connectivity index (χ2n) is 5.43. The zero-order chi connectivity index (χ0) is 15.8. The molecular formula is C16H26ClN2OSi+. The fourth-order valence-electron chi connectivity index (χ4n) is 1.91. The molecule has 1 aliphatic heterocycles. The molecule has 1 aliphatic rings. The molecule has 0 unspecified atom stereocenters. The SMILES string of the molecule is C=C(CC)C/C(Cl)=C1/C=CN(COCC[Si+](C)C)C1=NC. The van der Waals surface area contributed by atoms with Crippen molar-refractivity contribution in [2.45, 2.75) is 38.9 Å². The average molecular weight is 326 g/mol. The number of amidine groups is 1. The van der Waals surface area contributed by atoms with Crippen molar-refractivity contribution in [1.82, 2.24) is 4.90 Å². The van der Waals surface area contributed by atoms with Gasteiger partial charge in [0.05, 0.1) is 25.7 Å². The first-order valence-electron chi connectivity index (χ1n) is 7.33. The molecular weight excluding hydrogens is 300 g/mol. The lowest BCUT2D eigenvalue weighted by Gasteiger charge is -2.17. The van der Waals surface area contributed by atoms with E-state index in [9.17, 15) is 0 Å². The van der Waals surface area contributed by atoms with Crippen LogP contribution in [0.5, 0.6) is 0 Å². The molecule has 3 nitrogen and oxygen atoms in total. The summed E-state index contributed by atoms with van der Waals surface area (Å²) in [5.41, 5.74) is 2.11. The van der Waals surface area contributed by atoms with Gasteiger partial charge in [-0.2, -0.15) is 0 Å². The van der Waals surface area contributed by atoms with Crippen LogP contribution in [0.15, 0.2) is 40.0 Å². The number of halogens is 1. The normalized spacial score (nSPS) is 18.5. The molecule has 0 fully saturated rings. The number of aliphatic imine (C=N–C) groups is 1. The maximum absolute atomic E-state index is 6.43. The van der Waals surface area contributed by atoms with Gasteiger partial charge in [0.15, 0.2) is 0 Å². The molecule has 1 rings (SSSR count). The van der Waals surface area contributed by atoms with Crippen molar-refractivity contribution < 1.29 is 4.74 Å². The van der Waals surface area contributed by atoms with Gasteiger partial charge in [0.25, 0.3) is 0 Å². The van der Waals surface area contributed by atoms with E-state index in [0.717, 1.165) is 35.0 Å². The van der Waals surface area contributed by atoms with Crippen LogP contribution in [-0.4, -0.2) is 39.9 Å². The lowest BCUT2D eigenvalue weighted by Crippen LogP contribution is -2.26. The Kier molecular flexibility index (Phi) is 8.00. The first-order chi connectivity index (χ1) is 9.99. The highest BCUT2D eigenvalue weighted by Gasteiger charge is 2.21. The van der Waals surface area contributed by atoms with E-state index in [1.807, 2.05) is 17.2 Å². The Labute approximate surface area is 135 Å². The Hall–Kier alpha value is -0.843. The lowest BCUT2D eigenvalue weighted by atomic mass is 10.1. The van der Waals surface area contributed by atoms with Crippen LogP contribution < -0.4 is 0 Å². The molecule has 116 valence electrons. The summed E-state index contributed by atoms with van der Waals surface area (Å²) >= 11 is 6.43. The molecule has 0 amide bonds. The molecule has 0 aromatic rings. The molecule has 0 saturated heterocycles. The van der Waals surface area contributed by atoms with Crippen molar-refractivity contribution in [2.75, 3.05) is 20.4 Å². The highest BCUT2D eigenvalue weighted by atomic mass is 35.5. The Balaban J connectivity index is 2.62. The van der Waals surface area contributed by atoms with Crippen LogP contribution in [-0.2, 0) is 4.74 Å². The molecule has 0 bridgehead atoms. The van der Waals surface area contributed by atoms with E-state index in [2.05, 4.69) is 31.6 Å². The topological polar surface area (TPSA) is 24.8 Å². The molecule has 0 atom stereocenters. The Morgan fingerprint density at radius 2 is 2.19 bits per heavy atom. The van der Waals surface area contributed by atoms with Crippen molar-refractivity contribution >= 4 is 26.2 Å². The van der Waals surface area contributed by atoms with Crippen LogP contribution in [0, 0.1) is 0 Å². The zero-order valence-corrected chi connectivity index (χ0v) is 15.3. The summed E-state index contributed by atoms with van der Waals surface area (Å²) in [6.07, 6.45) is 5.64. The Bertz CT molecular complexity index is 455. The summed E-state index contributed by atoms with van der Waals surface area (Å²) in [7, 11) is 1.56. The third-order valence-corrected chi connectivity index (χ3v) is 4.86. The van der Waals surface area contributed by atoms with E-state index in [1.54, 1.807) is 7.05 Å². The van der Waals surface area contributed by atoms with Crippen molar-refractivity contribution in [3.8, 4) is 0 Å². The third kappa shape index (κ3) is 5.81. The average Bonchev–Trinajstić information content (AvgIpc) is 2.86. The van der Waals surface area contributed by atoms with Gasteiger partial charge in [0.2, 0.25) is 0 Å². The van der Waals surface area contributed by atoms with Crippen molar-refractivity contribution in [3.05, 3.63) is 35.0 Å². The van der Waals surface area contributed by atoms with Gasteiger partial charge in [0.1, 0.15) is 12.6 Å². The van der Waals surface area contributed by atoms with E-state index >= 15 is 0 Å². The smallest absolute Gasteiger partial charge is 0.310 e. The van der Waals surface area contributed by atoms with Crippen LogP contribution in [0.4, 0.5) is 0 Å².